The highest BCUT2D eigenvalue weighted by molar-refractivity contribution is 5.49. The number of unbranched alkanes of at least 4 members (excludes halogenated alkanes) is 1. The Kier molecular flexibility index (Phi) is 12.3. The fourth-order valence-electron chi connectivity index (χ4n) is 5.04. The van der Waals surface area contributed by atoms with Crippen LogP contribution < -0.4 is 27.5 Å². The second-order valence-corrected chi connectivity index (χ2v) is 10.6. The Labute approximate surface area is 234 Å². The van der Waals surface area contributed by atoms with Crippen LogP contribution in [0.4, 0.5) is 5.69 Å². The molecular formula is C28H50N8O3. The number of likely N-dealkylation sites (N-methyl/N-ethyl adjacent to an activating group) is 2. The maximum Gasteiger partial charge on any atom is 0.182 e. The number of hydrogen-bond donors (Lipinski definition) is 6. The van der Waals surface area contributed by atoms with Gasteiger partial charge < -0.3 is 31.0 Å². The maximum absolute atomic E-state index is 10.3. The molecule has 1 saturated heterocycles. The highest BCUT2D eigenvalue weighted by Crippen LogP contribution is 2.23. The van der Waals surface area contributed by atoms with Gasteiger partial charge in [-0.1, -0.05) is 26.0 Å². The van der Waals surface area contributed by atoms with E-state index in [0.717, 1.165) is 68.9 Å². The van der Waals surface area contributed by atoms with Gasteiger partial charge in [-0.25, -0.2) is 5.84 Å². The lowest BCUT2D eigenvalue weighted by molar-refractivity contribution is -0.231. The molecule has 0 spiro atoms. The molecule has 2 aliphatic rings. The normalized spacial score (nSPS) is 23.9. The summed E-state index contributed by atoms with van der Waals surface area (Å²) in [6.45, 7) is 10.5. The lowest BCUT2D eigenvalue weighted by atomic mass is 9.99. The smallest absolute Gasteiger partial charge is 0.182 e. The highest BCUT2D eigenvalue weighted by atomic mass is 16.6. The van der Waals surface area contributed by atoms with Crippen molar-refractivity contribution >= 4 is 5.69 Å². The first-order valence-corrected chi connectivity index (χ1v) is 14.2. The second kappa shape index (κ2) is 15.4. The lowest BCUT2D eigenvalue weighted by Gasteiger charge is -2.40. The highest BCUT2D eigenvalue weighted by Gasteiger charge is 2.37. The van der Waals surface area contributed by atoms with Gasteiger partial charge in [-0.3, -0.25) is 14.9 Å². The Morgan fingerprint density at radius 2 is 1.87 bits per heavy atom. The van der Waals surface area contributed by atoms with Gasteiger partial charge in [-0.15, -0.1) is 5.53 Å². The predicted octanol–water partition coefficient (Wildman–Crippen LogP) is 1.18. The van der Waals surface area contributed by atoms with Gasteiger partial charge in [-0.05, 0) is 70.4 Å². The fraction of sp³-hybridized carbons (Fsp3) is 0.643. The van der Waals surface area contributed by atoms with Crippen LogP contribution in [-0.2, 0) is 11.2 Å². The molecule has 0 aromatic heterocycles. The molecule has 8 N–H and O–H groups in total. The molecule has 0 unspecified atom stereocenters. The minimum Gasteiger partial charge on any atom is -0.400 e. The van der Waals surface area contributed by atoms with Crippen LogP contribution in [0.3, 0.4) is 0 Å². The molecule has 3 rings (SSSR count). The largest absolute Gasteiger partial charge is 0.400 e. The third-order valence-corrected chi connectivity index (χ3v) is 7.56. The van der Waals surface area contributed by atoms with Crippen LogP contribution in [0.5, 0.6) is 0 Å². The van der Waals surface area contributed by atoms with Crippen molar-refractivity contribution in [2.75, 3.05) is 44.8 Å². The number of ether oxygens (including phenoxy) is 1. The quantitative estimate of drug-likeness (QED) is 0.107. The van der Waals surface area contributed by atoms with E-state index in [-0.39, 0.29) is 12.1 Å². The summed E-state index contributed by atoms with van der Waals surface area (Å²) in [6.07, 6.45) is 6.46. The van der Waals surface area contributed by atoms with Gasteiger partial charge in [0.25, 0.3) is 0 Å². The zero-order valence-electron chi connectivity index (χ0n) is 24.1. The zero-order valence-corrected chi connectivity index (χ0v) is 24.1. The molecule has 1 fully saturated rings. The number of aryl methyl sites for hydroxylation is 1. The van der Waals surface area contributed by atoms with Gasteiger partial charge in [0.15, 0.2) is 6.29 Å². The van der Waals surface area contributed by atoms with E-state index in [1.165, 1.54) is 5.56 Å². The topological polar surface area (TPSA) is 139 Å². The number of hydrazine groups is 3. The average Bonchev–Trinajstić information content (AvgIpc) is 3.38. The van der Waals surface area contributed by atoms with E-state index in [1.807, 2.05) is 26.1 Å². The third kappa shape index (κ3) is 9.64. The molecule has 1 aromatic rings. The summed E-state index contributed by atoms with van der Waals surface area (Å²) < 4.78 is 5.31. The van der Waals surface area contributed by atoms with Crippen molar-refractivity contribution < 1.29 is 14.9 Å². The van der Waals surface area contributed by atoms with Gasteiger partial charge >= 0.3 is 0 Å². The van der Waals surface area contributed by atoms with Crippen molar-refractivity contribution in [3.63, 3.8) is 0 Å². The molecule has 1 aromatic carbocycles. The molecule has 2 heterocycles. The van der Waals surface area contributed by atoms with Crippen LogP contribution in [0.15, 0.2) is 48.1 Å². The van der Waals surface area contributed by atoms with Crippen molar-refractivity contribution in [1.82, 2.24) is 25.8 Å². The fourth-order valence-corrected chi connectivity index (χ4v) is 5.04. The Morgan fingerprint density at radius 1 is 1.15 bits per heavy atom. The molecule has 0 radical (unpaired) electrons. The SMILES string of the molecule is CCN(CC)C/C(N)=C/N(N)c1ccc(CCCCN2C=C(CCN(C)[C@H]3C[C@@H](C)O[C@@H](O)[C@@H]3O)NN2)cc1. The third-order valence-electron chi connectivity index (χ3n) is 7.56. The van der Waals surface area contributed by atoms with E-state index in [1.54, 1.807) is 11.2 Å². The minimum atomic E-state index is -1.13. The van der Waals surface area contributed by atoms with Crippen molar-refractivity contribution in [2.24, 2.45) is 11.6 Å². The predicted molar refractivity (Wildman–Crippen MR) is 155 cm³/mol. The van der Waals surface area contributed by atoms with Crippen LogP contribution in [0, 0.1) is 0 Å². The summed E-state index contributed by atoms with van der Waals surface area (Å²) in [5, 5.41) is 23.9. The van der Waals surface area contributed by atoms with Crippen molar-refractivity contribution in [3.8, 4) is 0 Å². The van der Waals surface area contributed by atoms with Crippen LogP contribution in [0.1, 0.15) is 52.0 Å². The van der Waals surface area contributed by atoms with E-state index >= 15 is 0 Å². The molecule has 39 heavy (non-hydrogen) atoms. The van der Waals surface area contributed by atoms with E-state index < -0.39 is 12.4 Å². The molecule has 220 valence electrons. The van der Waals surface area contributed by atoms with Crippen molar-refractivity contribution in [2.45, 2.75) is 77.4 Å². The number of benzene rings is 1. The average molecular weight is 547 g/mol. The standard InChI is InChI=1S/C28H50N8O3/c1-5-34(6-2)18-23(29)19-36(30)25-12-10-22(11-13-25)9-7-8-15-35-20-24(31-32-35)14-16-33(4)26-17-21(3)39-28(38)27(26)37/h10-13,19-21,26-28,31-32,37-38H,5-9,14-18,29-30H2,1-4H3/b23-19-/t21-,26+,27-,28-/m1/s1. The van der Waals surface area contributed by atoms with Crippen LogP contribution >= 0.6 is 0 Å². The van der Waals surface area contributed by atoms with Crippen LogP contribution in [-0.4, -0.2) is 89.3 Å². The summed E-state index contributed by atoms with van der Waals surface area (Å²) in [5.41, 5.74) is 16.7. The zero-order chi connectivity index (χ0) is 28.4. The Bertz CT molecular complexity index is 924. The molecule has 0 amide bonds. The van der Waals surface area contributed by atoms with Crippen molar-refractivity contribution in [3.05, 3.63) is 53.6 Å². The molecular weight excluding hydrogens is 496 g/mol. The second-order valence-electron chi connectivity index (χ2n) is 10.6. The summed E-state index contributed by atoms with van der Waals surface area (Å²) in [7, 11) is 1.98. The van der Waals surface area contributed by atoms with Crippen molar-refractivity contribution in [1.29, 1.82) is 0 Å². The van der Waals surface area contributed by atoms with Crippen LogP contribution in [0.2, 0.25) is 0 Å². The summed E-state index contributed by atoms with van der Waals surface area (Å²) >= 11 is 0. The maximum atomic E-state index is 10.3. The Hall–Kier alpha value is -2.38. The first kappa shape index (κ1) is 31.2. The first-order chi connectivity index (χ1) is 18.7. The number of nitrogens with one attached hydrogen (secondary N) is 2. The summed E-state index contributed by atoms with van der Waals surface area (Å²) in [6, 6.07) is 8.21. The number of nitrogens with zero attached hydrogens (tertiary/aromatic N) is 4. The first-order valence-electron chi connectivity index (χ1n) is 14.2. The monoisotopic (exact) mass is 546 g/mol. The van der Waals surface area contributed by atoms with E-state index in [9.17, 15) is 10.2 Å². The van der Waals surface area contributed by atoms with Gasteiger partial charge in [0, 0.05) is 55.9 Å². The number of rotatable bonds is 15. The van der Waals surface area contributed by atoms with Crippen LogP contribution in [0.25, 0.3) is 0 Å². The van der Waals surface area contributed by atoms with E-state index in [4.69, 9.17) is 16.3 Å². The molecule has 11 heteroatoms. The lowest BCUT2D eigenvalue weighted by Crippen LogP contribution is -2.54. The number of anilines is 1. The molecule has 11 nitrogen and oxygen atoms in total. The summed E-state index contributed by atoms with van der Waals surface area (Å²) in [4.78, 5) is 4.35. The van der Waals surface area contributed by atoms with Gasteiger partial charge in [0.1, 0.15) is 6.10 Å². The molecule has 2 aliphatic heterocycles. The number of nitrogens with two attached hydrogens (primary N) is 2. The number of aliphatic hydroxyl groups is 2. The molecule has 0 saturated carbocycles. The molecule has 0 bridgehead atoms. The summed E-state index contributed by atoms with van der Waals surface area (Å²) in [5.74, 6) is 6.21. The Morgan fingerprint density at radius 3 is 2.56 bits per heavy atom. The minimum absolute atomic E-state index is 0.0748. The molecule has 4 atom stereocenters. The van der Waals surface area contributed by atoms with Gasteiger partial charge in [0.05, 0.1) is 11.8 Å². The molecule has 0 aliphatic carbocycles. The van der Waals surface area contributed by atoms with Gasteiger partial charge in [-0.2, -0.15) is 0 Å². The Balaban J connectivity index is 1.35. The number of hydrogen-bond acceptors (Lipinski definition) is 11. The van der Waals surface area contributed by atoms with Gasteiger partial charge in [0.2, 0.25) is 0 Å². The number of aliphatic hydroxyl groups excluding tert-OH is 2. The van der Waals surface area contributed by atoms with E-state index in [0.29, 0.717) is 13.0 Å². The van der Waals surface area contributed by atoms with E-state index in [2.05, 4.69) is 57.9 Å².